The molecule has 0 fully saturated rings. The summed E-state index contributed by atoms with van der Waals surface area (Å²) < 4.78 is 20.2. The molecular weight excluding hydrogens is 276 g/mol. The molecule has 0 amide bonds. The molecule has 1 aromatic rings. The maximum atomic E-state index is 11.9. The lowest BCUT2D eigenvalue weighted by molar-refractivity contribution is -0.132. The van der Waals surface area contributed by atoms with Gasteiger partial charge in [0, 0.05) is 18.6 Å². The van der Waals surface area contributed by atoms with E-state index in [2.05, 4.69) is 6.58 Å². The summed E-state index contributed by atoms with van der Waals surface area (Å²) >= 11 is 0. The number of benzene rings is 1. The van der Waals surface area contributed by atoms with E-state index in [1.165, 1.54) is 33.3 Å². The summed E-state index contributed by atoms with van der Waals surface area (Å²) in [5.41, 5.74) is 0.587. The molecule has 21 heavy (non-hydrogen) atoms. The Balaban J connectivity index is 3.44. The minimum atomic E-state index is -0.595. The Morgan fingerprint density at radius 3 is 2.24 bits per heavy atom. The number of carbonyl (C=O) groups is 2. The van der Waals surface area contributed by atoms with Crippen molar-refractivity contribution in [3.63, 3.8) is 0 Å². The van der Waals surface area contributed by atoms with Gasteiger partial charge in [-0.1, -0.05) is 6.58 Å². The maximum Gasteiger partial charge on any atom is 0.338 e. The van der Waals surface area contributed by atoms with E-state index < -0.39 is 11.9 Å². The van der Waals surface area contributed by atoms with E-state index in [9.17, 15) is 9.59 Å². The fourth-order valence-corrected chi connectivity index (χ4v) is 1.72. The second kappa shape index (κ2) is 7.33. The van der Waals surface area contributed by atoms with E-state index in [-0.39, 0.29) is 17.1 Å². The lowest BCUT2D eigenvalue weighted by Gasteiger charge is -2.15. The van der Waals surface area contributed by atoms with Crippen molar-refractivity contribution in [2.24, 2.45) is 0 Å². The Bertz CT molecular complexity index is 562. The number of carbonyl (C=O) groups excluding carboxylic acids is 2. The predicted octanol–water partition coefficient (Wildman–Crippen LogP) is 2.41. The van der Waals surface area contributed by atoms with Crippen LogP contribution in [-0.4, -0.2) is 32.8 Å². The minimum Gasteiger partial charge on any atom is -0.494 e. The van der Waals surface area contributed by atoms with Gasteiger partial charge in [0.1, 0.15) is 5.76 Å². The topological polar surface area (TPSA) is 71.1 Å². The highest BCUT2D eigenvalue weighted by Gasteiger charge is 2.20. The van der Waals surface area contributed by atoms with Gasteiger partial charge in [0.2, 0.25) is 0 Å². The highest BCUT2D eigenvalue weighted by Crippen LogP contribution is 2.34. The van der Waals surface area contributed by atoms with Crippen LogP contribution in [0.25, 0.3) is 5.76 Å². The van der Waals surface area contributed by atoms with Crippen molar-refractivity contribution in [3.05, 3.63) is 29.8 Å². The fraction of sp³-hybridized carbons (Fsp3) is 0.333. The fourth-order valence-electron chi connectivity index (χ4n) is 1.72. The average Bonchev–Trinajstić information content (AvgIpc) is 2.45. The molecule has 0 heterocycles. The van der Waals surface area contributed by atoms with Crippen molar-refractivity contribution in [2.45, 2.75) is 13.8 Å². The van der Waals surface area contributed by atoms with Crippen LogP contribution < -0.4 is 9.47 Å². The van der Waals surface area contributed by atoms with Crippen LogP contribution in [0.1, 0.15) is 29.8 Å². The zero-order valence-corrected chi connectivity index (χ0v) is 12.5. The molecule has 0 bridgehead atoms. The highest BCUT2D eigenvalue weighted by atomic mass is 16.6. The molecule has 0 aliphatic carbocycles. The first-order valence-electron chi connectivity index (χ1n) is 6.25. The quantitative estimate of drug-likeness (QED) is 0.456. The third kappa shape index (κ3) is 3.98. The van der Waals surface area contributed by atoms with Crippen molar-refractivity contribution >= 4 is 17.7 Å². The molecule has 0 atom stereocenters. The summed E-state index contributed by atoms with van der Waals surface area (Å²) in [6, 6.07) is 2.88. The van der Waals surface area contributed by atoms with Crippen LogP contribution in [0.15, 0.2) is 18.7 Å². The van der Waals surface area contributed by atoms with Crippen LogP contribution in [0.4, 0.5) is 0 Å². The Labute approximate surface area is 123 Å². The summed E-state index contributed by atoms with van der Waals surface area (Å²) in [5, 5.41) is 0. The Kier molecular flexibility index (Phi) is 5.78. The smallest absolute Gasteiger partial charge is 0.338 e. The second-order valence-corrected chi connectivity index (χ2v) is 3.99. The Morgan fingerprint density at radius 1 is 1.14 bits per heavy atom. The first-order chi connectivity index (χ1) is 9.94. The molecule has 0 aliphatic rings. The number of hydrogen-bond acceptors (Lipinski definition) is 6. The van der Waals surface area contributed by atoms with Gasteiger partial charge in [0.05, 0.1) is 26.4 Å². The molecule has 1 rings (SSSR count). The molecular formula is C15H18O6. The third-order valence-corrected chi connectivity index (χ3v) is 2.58. The van der Waals surface area contributed by atoms with E-state index >= 15 is 0 Å². The molecule has 0 N–H and O–H groups in total. The van der Waals surface area contributed by atoms with Gasteiger partial charge in [0.25, 0.3) is 0 Å². The third-order valence-electron chi connectivity index (χ3n) is 2.58. The zero-order chi connectivity index (χ0) is 16.0. The predicted molar refractivity (Wildman–Crippen MR) is 76.3 cm³/mol. The van der Waals surface area contributed by atoms with Crippen LogP contribution >= 0.6 is 0 Å². The van der Waals surface area contributed by atoms with E-state index in [0.29, 0.717) is 17.9 Å². The average molecular weight is 294 g/mol. The zero-order valence-electron chi connectivity index (χ0n) is 12.5. The van der Waals surface area contributed by atoms with Crippen LogP contribution in [-0.2, 0) is 14.3 Å². The number of esters is 2. The summed E-state index contributed by atoms with van der Waals surface area (Å²) in [5.74, 6) is -0.417. The van der Waals surface area contributed by atoms with Crippen molar-refractivity contribution in [1.29, 1.82) is 0 Å². The largest absolute Gasteiger partial charge is 0.494 e. The lowest BCUT2D eigenvalue weighted by atomic mass is 10.0. The molecule has 0 spiro atoms. The van der Waals surface area contributed by atoms with Crippen LogP contribution in [0, 0.1) is 0 Å². The monoisotopic (exact) mass is 294 g/mol. The molecule has 0 unspecified atom stereocenters. The van der Waals surface area contributed by atoms with Gasteiger partial charge in [-0.25, -0.2) is 4.79 Å². The SMILES string of the molecule is C=C(OCC)c1cc(OC)c(OC(C)=O)cc1C(=O)OC. The number of ether oxygens (including phenoxy) is 4. The van der Waals surface area contributed by atoms with E-state index in [1.54, 1.807) is 6.92 Å². The second-order valence-electron chi connectivity index (χ2n) is 3.99. The first kappa shape index (κ1) is 16.6. The van der Waals surface area contributed by atoms with Gasteiger partial charge in [-0.2, -0.15) is 0 Å². The Morgan fingerprint density at radius 2 is 1.76 bits per heavy atom. The van der Waals surface area contributed by atoms with Gasteiger partial charge >= 0.3 is 11.9 Å². The van der Waals surface area contributed by atoms with Crippen LogP contribution in [0.5, 0.6) is 11.5 Å². The van der Waals surface area contributed by atoms with Crippen molar-refractivity contribution in [1.82, 2.24) is 0 Å². The molecule has 0 saturated carbocycles. The van der Waals surface area contributed by atoms with E-state index in [4.69, 9.17) is 18.9 Å². The van der Waals surface area contributed by atoms with Crippen molar-refractivity contribution in [2.75, 3.05) is 20.8 Å². The van der Waals surface area contributed by atoms with Gasteiger partial charge < -0.3 is 18.9 Å². The van der Waals surface area contributed by atoms with Gasteiger partial charge in [-0.05, 0) is 13.0 Å². The first-order valence-corrected chi connectivity index (χ1v) is 6.25. The molecule has 114 valence electrons. The molecule has 0 aromatic heterocycles. The summed E-state index contributed by atoms with van der Waals surface area (Å²) in [4.78, 5) is 23.0. The highest BCUT2D eigenvalue weighted by molar-refractivity contribution is 5.95. The van der Waals surface area contributed by atoms with Gasteiger partial charge in [0.15, 0.2) is 11.5 Å². The van der Waals surface area contributed by atoms with E-state index in [0.717, 1.165) is 0 Å². The lowest BCUT2D eigenvalue weighted by Crippen LogP contribution is -2.10. The van der Waals surface area contributed by atoms with Crippen molar-refractivity contribution in [3.8, 4) is 11.5 Å². The van der Waals surface area contributed by atoms with E-state index in [1.807, 2.05) is 0 Å². The minimum absolute atomic E-state index is 0.124. The Hall–Kier alpha value is -2.50. The standard InChI is InChI=1S/C15H18O6/c1-6-20-9(2)11-7-13(18-4)14(21-10(3)16)8-12(11)15(17)19-5/h7-8H,2,6H2,1,3-5H3. The van der Waals surface area contributed by atoms with Gasteiger partial charge in [-0.3, -0.25) is 4.79 Å². The molecule has 6 heteroatoms. The number of rotatable bonds is 6. The maximum absolute atomic E-state index is 11.9. The molecule has 0 radical (unpaired) electrons. The number of methoxy groups -OCH3 is 2. The number of hydrogen-bond donors (Lipinski definition) is 0. The molecule has 6 nitrogen and oxygen atoms in total. The molecule has 1 aromatic carbocycles. The van der Waals surface area contributed by atoms with Gasteiger partial charge in [-0.15, -0.1) is 0 Å². The van der Waals surface area contributed by atoms with Crippen LogP contribution in [0.2, 0.25) is 0 Å². The van der Waals surface area contributed by atoms with Crippen molar-refractivity contribution < 1.29 is 28.5 Å². The summed E-state index contributed by atoms with van der Waals surface area (Å²) in [6.45, 7) is 7.21. The molecule has 0 saturated heterocycles. The molecule has 0 aliphatic heterocycles. The summed E-state index contributed by atoms with van der Waals surface area (Å²) in [6.07, 6.45) is 0. The normalized spacial score (nSPS) is 9.71. The summed E-state index contributed by atoms with van der Waals surface area (Å²) in [7, 11) is 2.68. The van der Waals surface area contributed by atoms with Crippen LogP contribution in [0.3, 0.4) is 0 Å².